The second-order valence-electron chi connectivity index (χ2n) is 3.01. The van der Waals surface area contributed by atoms with E-state index in [1.165, 1.54) is 0 Å². The lowest BCUT2D eigenvalue weighted by Gasteiger charge is -2.25. The van der Waals surface area contributed by atoms with Crippen LogP contribution >= 0.6 is 11.6 Å². The van der Waals surface area contributed by atoms with Gasteiger partial charge in [0.2, 0.25) is 0 Å². The summed E-state index contributed by atoms with van der Waals surface area (Å²) in [6, 6.07) is -0.721. The van der Waals surface area contributed by atoms with Gasteiger partial charge in [-0.15, -0.1) is 11.6 Å². The molecule has 76 valence electrons. The highest BCUT2D eigenvalue weighted by molar-refractivity contribution is 6.20. The first-order valence-electron chi connectivity index (χ1n) is 4.21. The van der Waals surface area contributed by atoms with E-state index < -0.39 is 12.1 Å². The van der Waals surface area contributed by atoms with Crippen LogP contribution in [0.1, 0.15) is 13.8 Å². The first-order chi connectivity index (χ1) is 5.99. The van der Waals surface area contributed by atoms with Gasteiger partial charge in [-0.3, -0.25) is 0 Å². The normalized spacial score (nSPS) is 20.7. The number of hydrogen-bond donors (Lipinski definition) is 1. The lowest BCUT2D eigenvalue weighted by Crippen LogP contribution is -2.37. The molecular formula is C8H16BClO3. The minimum Gasteiger partial charge on any atom is -0.392 e. The minimum absolute atomic E-state index is 0.204. The molecule has 0 bridgehead atoms. The van der Waals surface area contributed by atoms with Crippen molar-refractivity contribution in [1.29, 1.82) is 0 Å². The van der Waals surface area contributed by atoms with Gasteiger partial charge in [0.25, 0.3) is 0 Å². The van der Waals surface area contributed by atoms with E-state index in [0.717, 1.165) is 0 Å². The molecule has 5 heteroatoms. The Bertz CT molecular complexity index is 133. The molecule has 2 radical (unpaired) electrons. The highest BCUT2D eigenvalue weighted by Crippen LogP contribution is 2.10. The molecule has 0 aliphatic rings. The van der Waals surface area contributed by atoms with Crippen LogP contribution in [0.3, 0.4) is 0 Å². The van der Waals surface area contributed by atoms with Crippen molar-refractivity contribution in [3.63, 3.8) is 0 Å². The van der Waals surface area contributed by atoms with Crippen LogP contribution in [-0.4, -0.2) is 50.3 Å². The molecule has 0 fully saturated rings. The summed E-state index contributed by atoms with van der Waals surface area (Å²) in [6.45, 7) is 3.72. The predicted molar refractivity (Wildman–Crippen MR) is 53.3 cm³/mol. The van der Waals surface area contributed by atoms with E-state index in [-0.39, 0.29) is 11.5 Å². The van der Waals surface area contributed by atoms with E-state index >= 15 is 0 Å². The number of aliphatic hydroxyl groups is 1. The molecule has 0 amide bonds. The summed E-state index contributed by atoms with van der Waals surface area (Å²) in [4.78, 5) is 0. The molecule has 13 heavy (non-hydrogen) atoms. The maximum absolute atomic E-state index is 9.09. The van der Waals surface area contributed by atoms with Crippen LogP contribution in [-0.2, 0) is 9.47 Å². The molecule has 0 aliphatic heterocycles. The van der Waals surface area contributed by atoms with Crippen LogP contribution < -0.4 is 0 Å². The summed E-state index contributed by atoms with van der Waals surface area (Å²) < 4.78 is 10.2. The Morgan fingerprint density at radius 2 is 2.00 bits per heavy atom. The zero-order valence-electron chi connectivity index (χ0n) is 8.24. The minimum atomic E-state index is -0.721. The molecule has 4 atom stereocenters. The second-order valence-corrected chi connectivity index (χ2v) is 3.70. The number of ether oxygens (including phenoxy) is 2. The van der Waals surface area contributed by atoms with Gasteiger partial charge in [0.05, 0.1) is 24.2 Å². The third-order valence-corrected chi connectivity index (χ3v) is 1.93. The van der Waals surface area contributed by atoms with E-state index in [1.54, 1.807) is 21.0 Å². The van der Waals surface area contributed by atoms with Crippen molar-refractivity contribution in [3.8, 4) is 0 Å². The van der Waals surface area contributed by atoms with Gasteiger partial charge >= 0.3 is 0 Å². The fourth-order valence-corrected chi connectivity index (χ4v) is 0.892. The summed E-state index contributed by atoms with van der Waals surface area (Å²) in [5.74, 6) is 0. The third kappa shape index (κ3) is 5.52. The van der Waals surface area contributed by atoms with Crippen molar-refractivity contribution in [3.05, 3.63) is 0 Å². The second kappa shape index (κ2) is 6.65. The molecule has 0 aliphatic carbocycles. The van der Waals surface area contributed by atoms with Crippen molar-refractivity contribution in [2.45, 2.75) is 37.4 Å². The zero-order valence-corrected chi connectivity index (χ0v) is 8.99. The van der Waals surface area contributed by atoms with E-state index in [4.69, 9.17) is 34.0 Å². The Balaban J connectivity index is 3.94. The summed E-state index contributed by atoms with van der Waals surface area (Å²) in [5, 5.41) is 8.88. The number of halogens is 1. The molecule has 0 aromatic heterocycles. The molecule has 1 unspecified atom stereocenters. The number of methoxy groups -OCH3 is 1. The Morgan fingerprint density at radius 1 is 1.46 bits per heavy atom. The molecule has 3 nitrogen and oxygen atoms in total. The number of aliphatic hydroxyl groups excluding tert-OH is 1. The van der Waals surface area contributed by atoms with Crippen LogP contribution in [0.4, 0.5) is 0 Å². The van der Waals surface area contributed by atoms with Crippen molar-refractivity contribution < 1.29 is 14.6 Å². The Hall–Kier alpha value is 0.235. The highest BCUT2D eigenvalue weighted by atomic mass is 35.5. The third-order valence-electron chi connectivity index (χ3n) is 1.65. The molecule has 0 saturated heterocycles. The summed E-state index contributed by atoms with van der Waals surface area (Å²) in [6.07, 6.45) is -1.01. The number of rotatable bonds is 6. The smallest absolute Gasteiger partial charge is 0.112 e. The number of alkyl halides is 1. The fourth-order valence-electron chi connectivity index (χ4n) is 0.760. The average Bonchev–Trinajstić information content (AvgIpc) is 2.03. The van der Waals surface area contributed by atoms with E-state index in [9.17, 15) is 0 Å². The first kappa shape index (κ1) is 13.2. The van der Waals surface area contributed by atoms with Crippen LogP contribution in [0.15, 0.2) is 0 Å². The first-order valence-corrected chi connectivity index (χ1v) is 4.64. The van der Waals surface area contributed by atoms with Crippen molar-refractivity contribution in [1.82, 2.24) is 0 Å². The quantitative estimate of drug-likeness (QED) is 0.509. The van der Waals surface area contributed by atoms with E-state index in [1.807, 2.05) is 0 Å². The van der Waals surface area contributed by atoms with Crippen LogP contribution in [0.25, 0.3) is 0 Å². The fraction of sp³-hybridized carbons (Fsp3) is 1.00. The SMILES string of the molecule is [B]C(O[C@H](COC)[C@@H](C)Cl)[C@H](C)O. The van der Waals surface area contributed by atoms with Gasteiger partial charge in [-0.05, 0) is 13.8 Å². The summed E-state index contributed by atoms with van der Waals surface area (Å²) in [7, 11) is 7.06. The summed E-state index contributed by atoms with van der Waals surface area (Å²) >= 11 is 5.83. The monoisotopic (exact) mass is 206 g/mol. The van der Waals surface area contributed by atoms with Gasteiger partial charge < -0.3 is 14.6 Å². The molecular weight excluding hydrogens is 190 g/mol. The maximum atomic E-state index is 9.09. The van der Waals surface area contributed by atoms with Gasteiger partial charge in [0.15, 0.2) is 0 Å². The number of hydrogen-bond acceptors (Lipinski definition) is 3. The van der Waals surface area contributed by atoms with Gasteiger partial charge in [-0.2, -0.15) is 0 Å². The van der Waals surface area contributed by atoms with Crippen LogP contribution in [0.2, 0.25) is 0 Å². The maximum Gasteiger partial charge on any atom is 0.112 e. The molecule has 0 aromatic rings. The summed E-state index contributed by atoms with van der Waals surface area (Å²) in [5.41, 5.74) is 0. The van der Waals surface area contributed by atoms with Crippen molar-refractivity contribution in [2.75, 3.05) is 13.7 Å². The largest absolute Gasteiger partial charge is 0.392 e. The molecule has 1 N–H and O–H groups in total. The lowest BCUT2D eigenvalue weighted by molar-refractivity contribution is -0.0556. The van der Waals surface area contributed by atoms with Gasteiger partial charge in [-0.1, -0.05) is 0 Å². The molecule has 0 aromatic carbocycles. The van der Waals surface area contributed by atoms with Crippen LogP contribution in [0.5, 0.6) is 0 Å². The lowest BCUT2D eigenvalue weighted by atomic mass is 9.95. The van der Waals surface area contributed by atoms with Gasteiger partial charge in [0.1, 0.15) is 7.85 Å². The molecule has 0 rings (SSSR count). The zero-order chi connectivity index (χ0) is 10.4. The predicted octanol–water partition coefficient (Wildman–Crippen LogP) is 0.521. The van der Waals surface area contributed by atoms with Crippen molar-refractivity contribution >= 4 is 19.4 Å². The Kier molecular flexibility index (Phi) is 6.77. The Labute approximate surface area is 85.8 Å². The van der Waals surface area contributed by atoms with Crippen molar-refractivity contribution in [2.24, 2.45) is 0 Å². The molecule has 0 heterocycles. The van der Waals surface area contributed by atoms with Gasteiger partial charge in [-0.25, -0.2) is 0 Å². The van der Waals surface area contributed by atoms with Gasteiger partial charge in [0, 0.05) is 13.1 Å². The molecule has 0 spiro atoms. The van der Waals surface area contributed by atoms with Crippen LogP contribution in [0, 0.1) is 0 Å². The highest BCUT2D eigenvalue weighted by Gasteiger charge is 2.20. The van der Waals surface area contributed by atoms with E-state index in [0.29, 0.717) is 6.61 Å². The topological polar surface area (TPSA) is 38.7 Å². The standard InChI is InChI=1S/C8H16BClO3/c1-5(10)7(4-12-3)13-8(9)6(2)11/h5-8,11H,4H2,1-3H3/t5-,6+,7-,8?/m1/s1. The average molecular weight is 206 g/mol. The Morgan fingerprint density at radius 3 is 2.31 bits per heavy atom. The van der Waals surface area contributed by atoms with E-state index in [2.05, 4.69) is 0 Å². The molecule has 0 saturated carbocycles.